The minimum absolute atomic E-state index is 0. The molecule has 0 aliphatic carbocycles. The van der Waals surface area contributed by atoms with E-state index in [2.05, 4.69) is 5.32 Å². The van der Waals surface area contributed by atoms with Gasteiger partial charge in [-0.2, -0.15) is 0 Å². The van der Waals surface area contributed by atoms with E-state index in [1.165, 1.54) is 4.90 Å². The molecule has 0 saturated carbocycles. The van der Waals surface area contributed by atoms with Crippen LogP contribution < -0.4 is 5.32 Å². The topological polar surface area (TPSA) is 32.3 Å². The number of carbonyl (C=O) groups is 1. The van der Waals surface area contributed by atoms with Gasteiger partial charge in [0.1, 0.15) is 11.6 Å². The van der Waals surface area contributed by atoms with Crippen LogP contribution in [-0.4, -0.2) is 36.5 Å². The number of carbonyl (C=O) groups excluding carboxylic acids is 1. The lowest BCUT2D eigenvalue weighted by atomic mass is 10.1. The van der Waals surface area contributed by atoms with Gasteiger partial charge in [-0.3, -0.25) is 4.79 Å². The number of nitrogens with zero attached hydrogens (tertiary/aromatic N) is 1. The molecule has 1 heterocycles. The lowest BCUT2D eigenvalue weighted by molar-refractivity contribution is 0.0704. The molecule has 1 aromatic rings. The van der Waals surface area contributed by atoms with Crippen molar-refractivity contribution in [1.82, 2.24) is 10.2 Å². The molecule has 1 aliphatic rings. The van der Waals surface area contributed by atoms with E-state index in [0.29, 0.717) is 19.6 Å². The van der Waals surface area contributed by atoms with Crippen molar-refractivity contribution in [3.63, 3.8) is 0 Å². The van der Waals surface area contributed by atoms with Gasteiger partial charge in [0.2, 0.25) is 0 Å². The molecule has 7 heteroatoms. The van der Waals surface area contributed by atoms with Gasteiger partial charge in [0.15, 0.2) is 0 Å². The summed E-state index contributed by atoms with van der Waals surface area (Å²) in [5.74, 6) is -2.08. The average molecular weight is 311 g/mol. The Morgan fingerprint density at radius 3 is 2.74 bits per heavy atom. The van der Waals surface area contributed by atoms with Crippen LogP contribution in [0.2, 0.25) is 5.02 Å². The largest absolute Gasteiger partial charge is 0.336 e. The third-order valence-corrected chi connectivity index (χ3v) is 3.19. The summed E-state index contributed by atoms with van der Waals surface area (Å²) in [4.78, 5) is 13.6. The van der Waals surface area contributed by atoms with Gasteiger partial charge in [-0.1, -0.05) is 11.6 Å². The molecule has 19 heavy (non-hydrogen) atoms. The van der Waals surface area contributed by atoms with Crippen LogP contribution in [0.1, 0.15) is 17.3 Å². The van der Waals surface area contributed by atoms with Crippen molar-refractivity contribution in [3.8, 4) is 0 Å². The Kier molecular flexibility index (Phi) is 5.52. The highest BCUT2D eigenvalue weighted by atomic mass is 35.5. The molecule has 1 unspecified atom stereocenters. The van der Waals surface area contributed by atoms with Gasteiger partial charge in [0.25, 0.3) is 5.91 Å². The third-order valence-electron chi connectivity index (χ3n) is 2.90. The van der Waals surface area contributed by atoms with Gasteiger partial charge < -0.3 is 10.2 Å². The van der Waals surface area contributed by atoms with Crippen LogP contribution in [0.15, 0.2) is 12.1 Å². The third kappa shape index (κ3) is 3.55. The summed E-state index contributed by atoms with van der Waals surface area (Å²) in [5.41, 5.74) is -0.272. The van der Waals surface area contributed by atoms with E-state index in [1.807, 2.05) is 6.92 Å². The second-order valence-corrected chi connectivity index (χ2v) is 4.76. The second-order valence-electron chi connectivity index (χ2n) is 4.35. The molecule has 1 aromatic carbocycles. The zero-order valence-electron chi connectivity index (χ0n) is 10.3. The fraction of sp³-hybridized carbons (Fsp3) is 0.417. The Morgan fingerprint density at radius 1 is 1.42 bits per heavy atom. The number of halogens is 4. The molecule has 3 nitrogen and oxygen atoms in total. The molecule has 1 amide bonds. The highest BCUT2D eigenvalue weighted by Gasteiger charge is 2.24. The first-order chi connectivity index (χ1) is 8.49. The van der Waals surface area contributed by atoms with Gasteiger partial charge in [0, 0.05) is 25.7 Å². The Bertz CT molecular complexity index is 485. The SMILES string of the molecule is CC1CN(C(=O)c2cc(F)c(Cl)cc2F)CCN1.Cl. The number of hydrogen-bond donors (Lipinski definition) is 1. The molecule has 0 radical (unpaired) electrons. The summed E-state index contributed by atoms with van der Waals surface area (Å²) in [6, 6.07) is 1.82. The lowest BCUT2D eigenvalue weighted by Gasteiger charge is -2.32. The predicted octanol–water partition coefficient (Wildman–Crippen LogP) is 2.47. The first-order valence-corrected chi connectivity index (χ1v) is 6.04. The second kappa shape index (κ2) is 6.50. The molecule has 0 spiro atoms. The van der Waals surface area contributed by atoms with E-state index in [1.54, 1.807) is 0 Å². The first kappa shape index (κ1) is 16.1. The van der Waals surface area contributed by atoms with Gasteiger partial charge in [-0.25, -0.2) is 8.78 Å². The van der Waals surface area contributed by atoms with Crippen molar-refractivity contribution < 1.29 is 13.6 Å². The highest BCUT2D eigenvalue weighted by Crippen LogP contribution is 2.20. The summed E-state index contributed by atoms with van der Waals surface area (Å²) >= 11 is 5.45. The van der Waals surface area contributed by atoms with Crippen LogP contribution in [0.25, 0.3) is 0 Å². The number of nitrogens with one attached hydrogen (secondary N) is 1. The Labute approximate surface area is 121 Å². The fourth-order valence-electron chi connectivity index (χ4n) is 1.97. The molecule has 2 rings (SSSR count). The number of piperazine rings is 1. The van der Waals surface area contributed by atoms with Crippen LogP contribution in [0.3, 0.4) is 0 Å². The first-order valence-electron chi connectivity index (χ1n) is 5.66. The summed E-state index contributed by atoms with van der Waals surface area (Å²) in [6.45, 7) is 3.53. The van der Waals surface area contributed by atoms with E-state index in [9.17, 15) is 13.6 Å². The van der Waals surface area contributed by atoms with E-state index in [-0.39, 0.29) is 29.0 Å². The zero-order valence-corrected chi connectivity index (χ0v) is 11.8. The van der Waals surface area contributed by atoms with Crippen molar-refractivity contribution in [2.75, 3.05) is 19.6 Å². The summed E-state index contributed by atoms with van der Waals surface area (Å²) in [7, 11) is 0. The molecular weight excluding hydrogens is 297 g/mol. The average Bonchev–Trinajstić information content (AvgIpc) is 2.33. The van der Waals surface area contributed by atoms with Crippen LogP contribution >= 0.6 is 24.0 Å². The monoisotopic (exact) mass is 310 g/mol. The van der Waals surface area contributed by atoms with Gasteiger partial charge >= 0.3 is 0 Å². The molecule has 1 fully saturated rings. The fourth-order valence-corrected chi connectivity index (χ4v) is 2.12. The summed E-state index contributed by atoms with van der Waals surface area (Å²) in [6.07, 6.45) is 0. The summed E-state index contributed by atoms with van der Waals surface area (Å²) in [5, 5.41) is 2.85. The van der Waals surface area contributed by atoms with Crippen molar-refractivity contribution in [1.29, 1.82) is 0 Å². The zero-order chi connectivity index (χ0) is 13.3. The molecule has 1 N–H and O–H groups in total. The Balaban J connectivity index is 0.00000180. The maximum absolute atomic E-state index is 13.6. The Morgan fingerprint density at radius 2 is 2.11 bits per heavy atom. The van der Waals surface area contributed by atoms with Crippen LogP contribution in [0, 0.1) is 11.6 Å². The Hall–Kier alpha value is -0.910. The number of hydrogen-bond acceptors (Lipinski definition) is 2. The smallest absolute Gasteiger partial charge is 0.257 e. The molecule has 0 aromatic heterocycles. The van der Waals surface area contributed by atoms with Crippen LogP contribution in [0.4, 0.5) is 8.78 Å². The maximum atomic E-state index is 13.6. The van der Waals surface area contributed by atoms with Gasteiger partial charge in [-0.05, 0) is 19.1 Å². The number of rotatable bonds is 1. The molecule has 1 saturated heterocycles. The van der Waals surface area contributed by atoms with Crippen LogP contribution in [-0.2, 0) is 0 Å². The van der Waals surface area contributed by atoms with Crippen LogP contribution in [0.5, 0.6) is 0 Å². The quantitative estimate of drug-likeness (QED) is 0.808. The standard InChI is InChI=1S/C12H13ClF2N2O.ClH/c1-7-6-17(3-2-16-7)12(18)8-4-11(15)9(13)5-10(8)14;/h4-5,7,16H,2-3,6H2,1H3;1H. The van der Waals surface area contributed by atoms with Crippen molar-refractivity contribution in [2.24, 2.45) is 0 Å². The number of benzene rings is 1. The van der Waals surface area contributed by atoms with Crippen molar-refractivity contribution >= 4 is 29.9 Å². The molecule has 1 aliphatic heterocycles. The normalized spacial score (nSPS) is 18.9. The van der Waals surface area contributed by atoms with E-state index >= 15 is 0 Å². The lowest BCUT2D eigenvalue weighted by Crippen LogP contribution is -2.51. The molecule has 1 atom stereocenters. The van der Waals surface area contributed by atoms with Gasteiger partial charge in [-0.15, -0.1) is 12.4 Å². The number of amides is 1. The van der Waals surface area contributed by atoms with Gasteiger partial charge in [0.05, 0.1) is 10.6 Å². The minimum Gasteiger partial charge on any atom is -0.336 e. The van der Waals surface area contributed by atoms with E-state index in [0.717, 1.165) is 12.1 Å². The highest BCUT2D eigenvalue weighted by molar-refractivity contribution is 6.30. The molecule has 0 bridgehead atoms. The van der Waals surface area contributed by atoms with Crippen molar-refractivity contribution in [2.45, 2.75) is 13.0 Å². The molecule has 106 valence electrons. The van der Waals surface area contributed by atoms with E-state index in [4.69, 9.17) is 11.6 Å². The summed E-state index contributed by atoms with van der Waals surface area (Å²) < 4.78 is 26.9. The predicted molar refractivity (Wildman–Crippen MR) is 72.0 cm³/mol. The van der Waals surface area contributed by atoms with E-state index < -0.39 is 17.5 Å². The maximum Gasteiger partial charge on any atom is 0.257 e. The molecular formula is C12H14Cl2F2N2O. The minimum atomic E-state index is -0.794. The van der Waals surface area contributed by atoms with Crippen molar-refractivity contribution in [3.05, 3.63) is 34.4 Å².